The Balaban J connectivity index is 2.09. The molecule has 0 aliphatic heterocycles. The highest BCUT2D eigenvalue weighted by Gasteiger charge is 2.37. The molecule has 32 heavy (non-hydrogen) atoms. The number of halogens is 6. The van der Waals surface area contributed by atoms with Gasteiger partial charge < -0.3 is 9.88 Å². The van der Waals surface area contributed by atoms with Crippen LogP contribution in [0.5, 0.6) is 0 Å². The van der Waals surface area contributed by atoms with Gasteiger partial charge in [0.15, 0.2) is 0 Å². The highest BCUT2D eigenvalue weighted by Crippen LogP contribution is 2.36. The topological polar surface area (TPSA) is 64.0 Å². The lowest BCUT2D eigenvalue weighted by molar-refractivity contribution is -0.139. The van der Waals surface area contributed by atoms with Gasteiger partial charge in [0.2, 0.25) is 5.56 Å². The predicted octanol–water partition coefficient (Wildman–Crippen LogP) is 4.34. The summed E-state index contributed by atoms with van der Waals surface area (Å²) in [6.07, 6.45) is -7.20. The molecular formula is C21H15F6N3O2. The predicted molar refractivity (Wildman–Crippen MR) is 102 cm³/mol. The number of aromatic nitrogens is 2. The van der Waals surface area contributed by atoms with E-state index in [0.717, 1.165) is 41.1 Å². The van der Waals surface area contributed by atoms with Crippen LogP contribution in [0.25, 0.3) is 0 Å². The van der Waals surface area contributed by atoms with Crippen LogP contribution in [0.1, 0.15) is 38.8 Å². The first kappa shape index (κ1) is 23.0. The second-order valence-corrected chi connectivity index (χ2v) is 6.83. The Bertz CT molecular complexity index is 1180. The molecule has 0 unspecified atom stereocenters. The molecule has 0 saturated carbocycles. The molecular weight excluding hydrogens is 440 g/mol. The van der Waals surface area contributed by atoms with Gasteiger partial charge in [0.1, 0.15) is 0 Å². The number of amides is 1. The molecule has 2 aromatic heterocycles. The van der Waals surface area contributed by atoms with Gasteiger partial charge >= 0.3 is 12.4 Å². The SMILES string of the molecule is Cn1cc(C(=O)N[C@@H](c2ccc(C(F)(F)F)cc2)c2ncccc2C(F)(F)F)ccc1=O. The zero-order valence-electron chi connectivity index (χ0n) is 16.3. The van der Waals surface area contributed by atoms with E-state index in [2.05, 4.69) is 10.3 Å². The zero-order valence-corrected chi connectivity index (χ0v) is 16.3. The molecule has 0 saturated heterocycles. The van der Waals surface area contributed by atoms with Crippen LogP contribution in [0.4, 0.5) is 26.3 Å². The van der Waals surface area contributed by atoms with Crippen molar-refractivity contribution in [2.45, 2.75) is 18.4 Å². The summed E-state index contributed by atoms with van der Waals surface area (Å²) in [5.74, 6) is -0.843. The van der Waals surface area contributed by atoms with Gasteiger partial charge in [-0.1, -0.05) is 12.1 Å². The summed E-state index contributed by atoms with van der Waals surface area (Å²) < 4.78 is 80.5. The van der Waals surface area contributed by atoms with E-state index in [1.807, 2.05) is 0 Å². The molecule has 1 amide bonds. The van der Waals surface area contributed by atoms with E-state index in [-0.39, 0.29) is 11.1 Å². The molecule has 5 nitrogen and oxygen atoms in total. The normalized spacial score (nSPS) is 13.0. The van der Waals surface area contributed by atoms with E-state index >= 15 is 0 Å². The molecule has 0 aliphatic rings. The largest absolute Gasteiger partial charge is 0.418 e. The summed E-state index contributed by atoms with van der Waals surface area (Å²) in [5.41, 5.74) is -3.22. The number of pyridine rings is 2. The van der Waals surface area contributed by atoms with E-state index < -0.39 is 46.7 Å². The molecule has 0 aliphatic carbocycles. The van der Waals surface area contributed by atoms with E-state index in [1.54, 1.807) is 0 Å². The van der Waals surface area contributed by atoms with Gasteiger partial charge in [0, 0.05) is 25.5 Å². The molecule has 168 valence electrons. The second-order valence-electron chi connectivity index (χ2n) is 6.83. The third-order valence-corrected chi connectivity index (χ3v) is 4.61. The molecule has 2 heterocycles. The number of carbonyl (C=O) groups is 1. The molecule has 1 aromatic carbocycles. The fraction of sp³-hybridized carbons (Fsp3) is 0.190. The molecule has 0 bridgehead atoms. The number of carbonyl (C=O) groups excluding carboxylic acids is 1. The molecule has 11 heteroatoms. The van der Waals surface area contributed by atoms with Crippen LogP contribution in [-0.4, -0.2) is 15.5 Å². The van der Waals surface area contributed by atoms with Crippen LogP contribution in [0.15, 0.2) is 65.7 Å². The maximum atomic E-state index is 13.6. The number of hydrogen-bond acceptors (Lipinski definition) is 3. The Morgan fingerprint density at radius 1 is 0.969 bits per heavy atom. The average Bonchev–Trinajstić information content (AvgIpc) is 2.72. The fourth-order valence-electron chi connectivity index (χ4n) is 3.00. The van der Waals surface area contributed by atoms with Gasteiger partial charge in [-0.25, -0.2) is 0 Å². The number of alkyl halides is 6. The lowest BCUT2D eigenvalue weighted by Crippen LogP contribution is -2.32. The van der Waals surface area contributed by atoms with Gasteiger partial charge in [-0.05, 0) is 35.9 Å². The van der Waals surface area contributed by atoms with Gasteiger partial charge in [-0.15, -0.1) is 0 Å². The van der Waals surface area contributed by atoms with Gasteiger partial charge in [0.25, 0.3) is 5.91 Å². The summed E-state index contributed by atoms with van der Waals surface area (Å²) >= 11 is 0. The molecule has 0 radical (unpaired) electrons. The van der Waals surface area contributed by atoms with Gasteiger partial charge in [-0.2, -0.15) is 26.3 Å². The van der Waals surface area contributed by atoms with Crippen LogP contribution in [0.2, 0.25) is 0 Å². The minimum absolute atomic E-state index is 0.0338. The molecule has 3 rings (SSSR count). The van der Waals surface area contributed by atoms with Crippen molar-refractivity contribution < 1.29 is 31.1 Å². The lowest BCUT2D eigenvalue weighted by atomic mass is 9.97. The Labute approximate surface area is 177 Å². The van der Waals surface area contributed by atoms with Gasteiger partial charge in [-0.3, -0.25) is 14.6 Å². The number of benzene rings is 1. The molecule has 3 aromatic rings. The maximum Gasteiger partial charge on any atom is 0.418 e. The summed E-state index contributed by atoms with van der Waals surface area (Å²) in [5, 5.41) is 2.39. The molecule has 0 fully saturated rings. The van der Waals surface area contributed by atoms with Crippen molar-refractivity contribution in [2.24, 2.45) is 7.05 Å². The van der Waals surface area contributed by atoms with Crippen molar-refractivity contribution in [1.29, 1.82) is 0 Å². The molecule has 0 spiro atoms. The number of aryl methyl sites for hydroxylation is 1. The average molecular weight is 455 g/mol. The van der Waals surface area contributed by atoms with Crippen molar-refractivity contribution in [2.75, 3.05) is 0 Å². The third-order valence-electron chi connectivity index (χ3n) is 4.61. The highest BCUT2D eigenvalue weighted by atomic mass is 19.4. The molecule has 1 N–H and O–H groups in total. The monoisotopic (exact) mass is 455 g/mol. The Hall–Kier alpha value is -3.63. The highest BCUT2D eigenvalue weighted by molar-refractivity contribution is 5.94. The summed E-state index contributed by atoms with van der Waals surface area (Å²) in [4.78, 5) is 28.0. The number of rotatable bonds is 4. The maximum absolute atomic E-state index is 13.6. The first-order chi connectivity index (χ1) is 14.9. The van der Waals surface area contributed by atoms with E-state index in [0.29, 0.717) is 12.1 Å². The first-order valence-corrected chi connectivity index (χ1v) is 9.05. The zero-order chi connectivity index (χ0) is 23.7. The molecule has 1 atom stereocenters. The van der Waals surface area contributed by atoms with Crippen molar-refractivity contribution in [3.8, 4) is 0 Å². The first-order valence-electron chi connectivity index (χ1n) is 9.05. The minimum Gasteiger partial charge on any atom is -0.339 e. The van der Waals surface area contributed by atoms with Crippen molar-refractivity contribution in [1.82, 2.24) is 14.9 Å². The second kappa shape index (κ2) is 8.48. The van der Waals surface area contributed by atoms with E-state index in [9.17, 15) is 35.9 Å². The van der Waals surface area contributed by atoms with Crippen LogP contribution >= 0.6 is 0 Å². The summed E-state index contributed by atoms with van der Waals surface area (Å²) in [7, 11) is 1.38. The summed E-state index contributed by atoms with van der Waals surface area (Å²) in [6.45, 7) is 0. The van der Waals surface area contributed by atoms with Crippen LogP contribution in [0, 0.1) is 0 Å². The lowest BCUT2D eigenvalue weighted by Gasteiger charge is -2.23. The quantitative estimate of drug-likeness (QED) is 0.596. The standard InChI is InChI=1S/C21H15F6N3O2/c1-30-11-13(6-9-16(30)31)19(32)29-17(12-4-7-14(8-5-12)20(22,23)24)18-15(21(25,26)27)3-2-10-28-18/h2-11,17H,1H3,(H,29,32)/t17-/m0/s1. The summed E-state index contributed by atoms with van der Waals surface area (Å²) in [6, 6.07) is 5.96. The fourth-order valence-corrected chi connectivity index (χ4v) is 3.00. The van der Waals surface area contributed by atoms with Crippen LogP contribution < -0.4 is 10.9 Å². The Morgan fingerprint density at radius 3 is 2.19 bits per heavy atom. The van der Waals surface area contributed by atoms with E-state index in [4.69, 9.17) is 0 Å². The Kier molecular flexibility index (Phi) is 6.11. The number of nitrogens with one attached hydrogen (secondary N) is 1. The number of hydrogen-bond donors (Lipinski definition) is 1. The van der Waals surface area contributed by atoms with E-state index in [1.165, 1.54) is 19.3 Å². The van der Waals surface area contributed by atoms with Crippen molar-refractivity contribution in [3.05, 3.63) is 99.2 Å². The number of nitrogens with zero attached hydrogens (tertiary/aromatic N) is 2. The minimum atomic E-state index is -4.82. The van der Waals surface area contributed by atoms with Crippen molar-refractivity contribution >= 4 is 5.91 Å². The Morgan fingerprint density at radius 2 is 1.62 bits per heavy atom. The third kappa shape index (κ3) is 4.98. The smallest absolute Gasteiger partial charge is 0.339 e. The van der Waals surface area contributed by atoms with Crippen molar-refractivity contribution in [3.63, 3.8) is 0 Å². The van der Waals surface area contributed by atoms with Gasteiger partial charge in [0.05, 0.1) is 28.4 Å². The van der Waals surface area contributed by atoms with Crippen LogP contribution in [-0.2, 0) is 19.4 Å². The van der Waals surface area contributed by atoms with Crippen LogP contribution in [0.3, 0.4) is 0 Å².